The lowest BCUT2D eigenvalue weighted by Gasteiger charge is -2.32. The summed E-state index contributed by atoms with van der Waals surface area (Å²) in [6.07, 6.45) is -1.76. The lowest BCUT2D eigenvalue weighted by atomic mass is 9.91. The second-order valence-corrected chi connectivity index (χ2v) is 6.18. The van der Waals surface area contributed by atoms with Gasteiger partial charge in [0.1, 0.15) is 11.4 Å². The number of ether oxygens (including phenoxy) is 1. The number of carbonyl (C=O) groups is 1. The molecule has 0 amide bonds. The van der Waals surface area contributed by atoms with Crippen molar-refractivity contribution in [2.45, 2.75) is 37.5 Å². The lowest BCUT2D eigenvalue weighted by Crippen LogP contribution is -2.30. The van der Waals surface area contributed by atoms with Crippen LogP contribution in [-0.4, -0.2) is 11.1 Å². The Kier molecular flexibility index (Phi) is 4.45. The molecule has 0 atom stereocenters. The zero-order chi connectivity index (χ0) is 18.1. The van der Waals surface area contributed by atoms with Crippen molar-refractivity contribution in [1.29, 1.82) is 0 Å². The van der Waals surface area contributed by atoms with Crippen LogP contribution in [-0.2, 0) is 11.8 Å². The second kappa shape index (κ2) is 6.43. The van der Waals surface area contributed by atoms with Crippen LogP contribution in [0.5, 0.6) is 5.75 Å². The average molecular weight is 350 g/mol. The van der Waals surface area contributed by atoms with Gasteiger partial charge in [0.05, 0.1) is 11.1 Å². The maximum Gasteiger partial charge on any atom is 0.419 e. The summed E-state index contributed by atoms with van der Waals surface area (Å²) in [7, 11) is 0. The monoisotopic (exact) mass is 350 g/mol. The molecule has 1 saturated carbocycles. The van der Waals surface area contributed by atoms with Crippen molar-refractivity contribution in [2.75, 3.05) is 0 Å². The zero-order valence-corrected chi connectivity index (χ0v) is 13.3. The summed E-state index contributed by atoms with van der Waals surface area (Å²) in [5.74, 6) is -1.73. The third-order valence-corrected chi connectivity index (χ3v) is 4.55. The molecule has 0 bridgehead atoms. The summed E-state index contributed by atoms with van der Waals surface area (Å²) in [4.78, 5) is 11.2. The molecular weight excluding hydrogens is 333 g/mol. The summed E-state index contributed by atoms with van der Waals surface area (Å²) in [6.45, 7) is 0. The Bertz CT molecular complexity index is 763. The van der Waals surface area contributed by atoms with E-state index in [0.717, 1.165) is 36.6 Å². The van der Waals surface area contributed by atoms with Crippen LogP contribution in [0.25, 0.3) is 0 Å². The summed E-state index contributed by atoms with van der Waals surface area (Å²) < 4.78 is 46.0. The van der Waals surface area contributed by atoms with E-state index in [-0.39, 0.29) is 5.56 Å². The molecule has 1 aliphatic rings. The van der Waals surface area contributed by atoms with Gasteiger partial charge in [-0.3, -0.25) is 0 Å². The molecule has 6 heteroatoms. The van der Waals surface area contributed by atoms with Crippen molar-refractivity contribution in [3.63, 3.8) is 0 Å². The topological polar surface area (TPSA) is 46.5 Å². The van der Waals surface area contributed by atoms with Crippen LogP contribution in [0.2, 0.25) is 0 Å². The van der Waals surface area contributed by atoms with Gasteiger partial charge in [0.25, 0.3) is 0 Å². The minimum Gasteiger partial charge on any atom is -0.482 e. The Balaban J connectivity index is 2.08. The van der Waals surface area contributed by atoms with E-state index < -0.39 is 29.1 Å². The molecule has 0 spiro atoms. The smallest absolute Gasteiger partial charge is 0.419 e. The third kappa shape index (κ3) is 3.48. The van der Waals surface area contributed by atoms with E-state index in [9.17, 15) is 18.0 Å². The molecule has 1 aliphatic carbocycles. The molecule has 0 heterocycles. The van der Waals surface area contributed by atoms with Gasteiger partial charge < -0.3 is 9.84 Å². The third-order valence-electron chi connectivity index (χ3n) is 4.55. The number of alkyl halides is 3. The molecule has 3 nitrogen and oxygen atoms in total. The minimum absolute atomic E-state index is 0.232. The first kappa shape index (κ1) is 17.3. The number of benzene rings is 2. The van der Waals surface area contributed by atoms with Gasteiger partial charge in [-0.05, 0) is 49.4 Å². The summed E-state index contributed by atoms with van der Waals surface area (Å²) >= 11 is 0. The van der Waals surface area contributed by atoms with Crippen LogP contribution in [0.4, 0.5) is 13.2 Å². The van der Waals surface area contributed by atoms with Crippen molar-refractivity contribution in [3.05, 3.63) is 65.2 Å². The van der Waals surface area contributed by atoms with E-state index in [1.807, 2.05) is 30.3 Å². The molecular formula is C19H17F3O3. The summed E-state index contributed by atoms with van der Waals surface area (Å²) in [5, 5.41) is 9.11. The number of hydrogen-bond acceptors (Lipinski definition) is 2. The predicted molar refractivity (Wildman–Crippen MR) is 85.6 cm³/mol. The molecule has 0 aromatic heterocycles. The number of aromatic carboxylic acids is 1. The molecule has 1 fully saturated rings. The van der Waals surface area contributed by atoms with Crippen molar-refractivity contribution in [2.24, 2.45) is 0 Å². The van der Waals surface area contributed by atoms with Gasteiger partial charge in [-0.2, -0.15) is 13.2 Å². The second-order valence-electron chi connectivity index (χ2n) is 6.18. The van der Waals surface area contributed by atoms with Crippen LogP contribution in [0, 0.1) is 0 Å². The first-order valence-electron chi connectivity index (χ1n) is 8.01. The Morgan fingerprint density at radius 1 is 1.04 bits per heavy atom. The predicted octanol–water partition coefficient (Wildman–Crippen LogP) is 5.25. The summed E-state index contributed by atoms with van der Waals surface area (Å²) in [5.41, 5.74) is -1.25. The normalized spacial score (nSPS) is 16.6. The molecule has 2 aromatic rings. The van der Waals surface area contributed by atoms with Gasteiger partial charge in [-0.1, -0.05) is 30.3 Å². The highest BCUT2D eigenvalue weighted by molar-refractivity contribution is 5.88. The Labute approximate surface area is 143 Å². The maximum absolute atomic E-state index is 13.4. The van der Waals surface area contributed by atoms with E-state index in [2.05, 4.69) is 0 Å². The number of hydrogen-bond donors (Lipinski definition) is 1. The molecule has 1 N–H and O–H groups in total. The number of carboxylic acid groups (broad SMARTS) is 1. The molecule has 3 rings (SSSR count). The van der Waals surface area contributed by atoms with Gasteiger partial charge in [0.2, 0.25) is 0 Å². The minimum atomic E-state index is -4.62. The van der Waals surface area contributed by atoms with E-state index in [4.69, 9.17) is 9.84 Å². The van der Waals surface area contributed by atoms with E-state index in [0.29, 0.717) is 12.8 Å². The number of carboxylic acids is 1. The molecule has 2 aromatic carbocycles. The lowest BCUT2D eigenvalue weighted by molar-refractivity contribution is -0.140. The first-order valence-corrected chi connectivity index (χ1v) is 8.01. The van der Waals surface area contributed by atoms with Gasteiger partial charge in [0, 0.05) is 0 Å². The quantitative estimate of drug-likeness (QED) is 0.819. The van der Waals surface area contributed by atoms with Crippen molar-refractivity contribution in [3.8, 4) is 5.75 Å². The average Bonchev–Trinajstić information content (AvgIpc) is 3.04. The van der Waals surface area contributed by atoms with Crippen LogP contribution in [0.3, 0.4) is 0 Å². The van der Waals surface area contributed by atoms with Crippen molar-refractivity contribution in [1.82, 2.24) is 0 Å². The van der Waals surface area contributed by atoms with E-state index in [1.54, 1.807) is 0 Å². The van der Waals surface area contributed by atoms with Crippen molar-refractivity contribution < 1.29 is 27.8 Å². The van der Waals surface area contributed by atoms with Crippen molar-refractivity contribution >= 4 is 5.97 Å². The first-order chi connectivity index (χ1) is 11.8. The van der Waals surface area contributed by atoms with Crippen LogP contribution >= 0.6 is 0 Å². The highest BCUT2D eigenvalue weighted by Gasteiger charge is 2.41. The van der Waals surface area contributed by atoms with E-state index >= 15 is 0 Å². The van der Waals surface area contributed by atoms with Gasteiger partial charge in [0.15, 0.2) is 0 Å². The molecule has 0 unspecified atom stereocenters. The largest absolute Gasteiger partial charge is 0.482 e. The fraction of sp³-hybridized carbons (Fsp3) is 0.316. The molecule has 0 aliphatic heterocycles. The standard InChI is InChI=1S/C19H17F3O3/c20-19(21,22)15-9-8-13(17(23)24)12-16(15)25-18(10-4-5-11-18)14-6-2-1-3-7-14/h1-3,6-9,12H,4-5,10-11H2,(H,23,24). The Morgan fingerprint density at radius 3 is 2.24 bits per heavy atom. The highest BCUT2D eigenvalue weighted by atomic mass is 19.4. The van der Waals surface area contributed by atoms with Gasteiger partial charge >= 0.3 is 12.1 Å². The Hall–Kier alpha value is -2.50. The van der Waals surface area contributed by atoms with Gasteiger partial charge in [-0.15, -0.1) is 0 Å². The number of rotatable bonds is 4. The zero-order valence-electron chi connectivity index (χ0n) is 13.3. The van der Waals surface area contributed by atoms with Gasteiger partial charge in [-0.25, -0.2) is 4.79 Å². The molecule has 0 radical (unpaired) electrons. The number of halogens is 3. The fourth-order valence-corrected chi connectivity index (χ4v) is 3.32. The highest BCUT2D eigenvalue weighted by Crippen LogP contribution is 2.46. The van der Waals surface area contributed by atoms with Crippen LogP contribution in [0.15, 0.2) is 48.5 Å². The van der Waals surface area contributed by atoms with Crippen LogP contribution < -0.4 is 4.74 Å². The molecule has 25 heavy (non-hydrogen) atoms. The Morgan fingerprint density at radius 2 is 1.68 bits per heavy atom. The van der Waals surface area contributed by atoms with E-state index in [1.165, 1.54) is 0 Å². The molecule has 132 valence electrons. The SMILES string of the molecule is O=C(O)c1ccc(C(F)(F)F)c(OC2(c3ccccc3)CCCC2)c1. The molecule has 0 saturated heterocycles. The maximum atomic E-state index is 13.4. The summed E-state index contributed by atoms with van der Waals surface area (Å²) in [6, 6.07) is 11.8. The van der Waals surface area contributed by atoms with Crippen LogP contribution in [0.1, 0.15) is 47.2 Å². The fourth-order valence-electron chi connectivity index (χ4n) is 3.32.